The third-order valence-electron chi connectivity index (χ3n) is 2.61. The van der Waals surface area contributed by atoms with Gasteiger partial charge in [0.15, 0.2) is 0 Å². The van der Waals surface area contributed by atoms with Crippen molar-refractivity contribution in [3.05, 3.63) is 58.3 Å². The molecule has 2 nitrogen and oxygen atoms in total. The average Bonchev–Trinajstić information content (AvgIpc) is 2.46. The summed E-state index contributed by atoms with van der Waals surface area (Å²) in [5.74, 6) is 0.374. The van der Waals surface area contributed by atoms with E-state index in [0.29, 0.717) is 9.37 Å². The van der Waals surface area contributed by atoms with Crippen molar-refractivity contribution in [3.8, 4) is 0 Å². The largest absolute Gasteiger partial charge is 0.478 e. The number of halogens is 2. The SMILES string of the molecule is O=C(O)c1cc(SCCSc2ccccc2F)ccc1Br. The molecule has 1 N–H and O–H groups in total. The molecule has 0 aliphatic rings. The smallest absolute Gasteiger partial charge is 0.336 e. The minimum atomic E-state index is -0.954. The summed E-state index contributed by atoms with van der Waals surface area (Å²) in [7, 11) is 0. The Hall–Kier alpha value is -0.980. The zero-order valence-corrected chi connectivity index (χ0v) is 14.1. The molecule has 2 aromatic carbocycles. The predicted molar refractivity (Wildman–Crippen MR) is 88.9 cm³/mol. The highest BCUT2D eigenvalue weighted by Gasteiger charge is 2.09. The second kappa shape index (κ2) is 7.87. The predicted octanol–water partition coefficient (Wildman–Crippen LogP) is 5.17. The van der Waals surface area contributed by atoms with E-state index >= 15 is 0 Å². The second-order valence-electron chi connectivity index (χ2n) is 4.07. The first-order valence-electron chi connectivity index (χ1n) is 6.11. The third kappa shape index (κ3) is 4.76. The molecule has 0 atom stereocenters. The molecule has 0 aliphatic carbocycles. The summed E-state index contributed by atoms with van der Waals surface area (Å²) < 4.78 is 14.0. The molecule has 2 rings (SSSR count). The molecule has 0 saturated heterocycles. The molecule has 21 heavy (non-hydrogen) atoms. The molecule has 0 spiro atoms. The van der Waals surface area contributed by atoms with Crippen molar-refractivity contribution in [2.45, 2.75) is 9.79 Å². The number of carbonyl (C=O) groups is 1. The van der Waals surface area contributed by atoms with Crippen LogP contribution in [0.5, 0.6) is 0 Å². The average molecular weight is 387 g/mol. The lowest BCUT2D eigenvalue weighted by molar-refractivity contribution is 0.0695. The molecule has 6 heteroatoms. The summed E-state index contributed by atoms with van der Waals surface area (Å²) in [6, 6.07) is 11.9. The van der Waals surface area contributed by atoms with E-state index in [2.05, 4.69) is 15.9 Å². The Balaban J connectivity index is 1.88. The van der Waals surface area contributed by atoms with Crippen molar-refractivity contribution >= 4 is 45.4 Å². The Morgan fingerprint density at radius 1 is 1.14 bits per heavy atom. The Morgan fingerprint density at radius 2 is 1.86 bits per heavy atom. The lowest BCUT2D eigenvalue weighted by Gasteiger charge is -2.05. The van der Waals surface area contributed by atoms with Gasteiger partial charge in [-0.25, -0.2) is 9.18 Å². The number of hydrogen-bond donors (Lipinski definition) is 1. The Kier molecular flexibility index (Phi) is 6.14. The van der Waals surface area contributed by atoms with E-state index in [1.54, 1.807) is 36.0 Å². The summed E-state index contributed by atoms with van der Waals surface area (Å²) >= 11 is 6.23. The number of carboxylic acid groups (broad SMARTS) is 1. The van der Waals surface area contributed by atoms with Crippen molar-refractivity contribution in [1.82, 2.24) is 0 Å². The van der Waals surface area contributed by atoms with Gasteiger partial charge in [-0.1, -0.05) is 12.1 Å². The van der Waals surface area contributed by atoms with E-state index in [1.807, 2.05) is 12.1 Å². The van der Waals surface area contributed by atoms with E-state index in [9.17, 15) is 9.18 Å². The molecule has 0 unspecified atom stereocenters. The Labute approximate surface area is 139 Å². The van der Waals surface area contributed by atoms with Gasteiger partial charge in [0, 0.05) is 25.8 Å². The van der Waals surface area contributed by atoms with E-state index in [-0.39, 0.29) is 11.4 Å². The van der Waals surface area contributed by atoms with Crippen molar-refractivity contribution in [1.29, 1.82) is 0 Å². The summed E-state index contributed by atoms with van der Waals surface area (Å²) in [5.41, 5.74) is 0.252. The van der Waals surface area contributed by atoms with Gasteiger partial charge >= 0.3 is 5.97 Å². The minimum Gasteiger partial charge on any atom is -0.478 e. The summed E-state index contributed by atoms with van der Waals surface area (Å²) in [5, 5.41) is 9.06. The van der Waals surface area contributed by atoms with Crippen LogP contribution in [0.4, 0.5) is 4.39 Å². The molecule has 2 aromatic rings. The van der Waals surface area contributed by atoms with Crippen LogP contribution in [-0.2, 0) is 0 Å². The number of thioether (sulfide) groups is 2. The molecule has 0 heterocycles. The highest BCUT2D eigenvalue weighted by molar-refractivity contribution is 9.10. The molecule has 0 radical (unpaired) electrons. The Morgan fingerprint density at radius 3 is 2.57 bits per heavy atom. The van der Waals surface area contributed by atoms with Gasteiger partial charge in [-0.15, -0.1) is 23.5 Å². The zero-order chi connectivity index (χ0) is 15.2. The van der Waals surface area contributed by atoms with Crippen LogP contribution in [0.15, 0.2) is 56.7 Å². The van der Waals surface area contributed by atoms with E-state index < -0.39 is 5.97 Å². The van der Waals surface area contributed by atoms with Crippen LogP contribution in [0.3, 0.4) is 0 Å². The van der Waals surface area contributed by atoms with Crippen molar-refractivity contribution in [2.75, 3.05) is 11.5 Å². The summed E-state index contributed by atoms with van der Waals surface area (Å²) in [4.78, 5) is 12.6. The van der Waals surface area contributed by atoms with Gasteiger partial charge in [0.2, 0.25) is 0 Å². The number of benzene rings is 2. The zero-order valence-electron chi connectivity index (χ0n) is 10.9. The van der Waals surface area contributed by atoms with Crippen molar-refractivity contribution < 1.29 is 14.3 Å². The van der Waals surface area contributed by atoms with Crippen LogP contribution in [0.1, 0.15) is 10.4 Å². The van der Waals surface area contributed by atoms with Crippen LogP contribution in [-0.4, -0.2) is 22.6 Å². The molecule has 0 fully saturated rings. The van der Waals surface area contributed by atoms with Gasteiger partial charge in [0.05, 0.1) is 5.56 Å². The molecule has 0 amide bonds. The maximum absolute atomic E-state index is 13.4. The molecular formula is C15H12BrFO2S2. The maximum Gasteiger partial charge on any atom is 0.336 e. The van der Waals surface area contributed by atoms with E-state index in [1.165, 1.54) is 17.8 Å². The van der Waals surface area contributed by atoms with Gasteiger partial charge in [0.1, 0.15) is 5.82 Å². The fourth-order valence-electron chi connectivity index (χ4n) is 1.63. The van der Waals surface area contributed by atoms with Gasteiger partial charge in [-0.05, 0) is 46.3 Å². The minimum absolute atomic E-state index is 0.204. The lowest BCUT2D eigenvalue weighted by atomic mass is 10.2. The van der Waals surface area contributed by atoms with Crippen LogP contribution in [0, 0.1) is 5.82 Å². The lowest BCUT2D eigenvalue weighted by Crippen LogP contribution is -1.97. The number of rotatable bonds is 6. The second-order valence-corrected chi connectivity index (χ2v) is 7.23. The van der Waals surface area contributed by atoms with Crippen LogP contribution < -0.4 is 0 Å². The maximum atomic E-state index is 13.4. The standard InChI is InChI=1S/C15H12BrFO2S2/c16-12-6-5-10(9-11(12)15(18)19)20-7-8-21-14-4-2-1-3-13(14)17/h1-6,9H,7-8H2,(H,18,19). The van der Waals surface area contributed by atoms with Crippen molar-refractivity contribution in [2.24, 2.45) is 0 Å². The van der Waals surface area contributed by atoms with Crippen molar-refractivity contribution in [3.63, 3.8) is 0 Å². The molecule has 0 aromatic heterocycles. The summed E-state index contributed by atoms with van der Waals surface area (Å²) in [6.07, 6.45) is 0. The number of carboxylic acids is 1. The molecular weight excluding hydrogens is 375 g/mol. The normalized spacial score (nSPS) is 10.6. The number of hydrogen-bond acceptors (Lipinski definition) is 3. The van der Waals surface area contributed by atoms with E-state index in [4.69, 9.17) is 5.11 Å². The van der Waals surface area contributed by atoms with E-state index in [0.717, 1.165) is 16.4 Å². The topological polar surface area (TPSA) is 37.3 Å². The van der Waals surface area contributed by atoms with Crippen LogP contribution in [0.2, 0.25) is 0 Å². The summed E-state index contributed by atoms with van der Waals surface area (Å²) in [6.45, 7) is 0. The quantitative estimate of drug-likeness (QED) is 0.548. The highest BCUT2D eigenvalue weighted by atomic mass is 79.9. The first-order valence-corrected chi connectivity index (χ1v) is 8.87. The molecule has 0 bridgehead atoms. The van der Waals surface area contributed by atoms with Crippen LogP contribution >= 0.6 is 39.5 Å². The first kappa shape index (κ1) is 16.4. The molecule has 110 valence electrons. The Bertz CT molecular complexity index is 649. The monoisotopic (exact) mass is 386 g/mol. The molecule has 0 saturated carbocycles. The first-order chi connectivity index (χ1) is 10.1. The van der Waals surface area contributed by atoms with Crippen LogP contribution in [0.25, 0.3) is 0 Å². The molecule has 0 aliphatic heterocycles. The van der Waals surface area contributed by atoms with Gasteiger partial charge in [-0.2, -0.15) is 0 Å². The fourth-order valence-corrected chi connectivity index (χ4v) is 3.92. The van der Waals surface area contributed by atoms with Gasteiger partial charge in [0.25, 0.3) is 0 Å². The van der Waals surface area contributed by atoms with Gasteiger partial charge in [-0.3, -0.25) is 0 Å². The third-order valence-corrected chi connectivity index (χ3v) is 5.61. The highest BCUT2D eigenvalue weighted by Crippen LogP contribution is 2.27. The number of aromatic carboxylic acids is 1. The fraction of sp³-hybridized carbons (Fsp3) is 0.133. The van der Waals surface area contributed by atoms with Gasteiger partial charge < -0.3 is 5.11 Å².